The number of fused-ring (bicyclic) bond motifs is 1. The second kappa shape index (κ2) is 5.60. The number of nitrogens with zero attached hydrogens (tertiary/aromatic N) is 1. The average Bonchev–Trinajstić information content (AvgIpc) is 2.91. The first-order valence-corrected chi connectivity index (χ1v) is 7.16. The van der Waals surface area contributed by atoms with E-state index in [0.717, 1.165) is 24.7 Å². The Labute approximate surface area is 119 Å². The Bertz CT molecular complexity index is 480. The molecule has 3 rings (SSSR count). The second-order valence-corrected chi connectivity index (χ2v) is 5.55. The van der Waals surface area contributed by atoms with E-state index in [1.165, 1.54) is 5.56 Å². The molecule has 0 aromatic heterocycles. The van der Waals surface area contributed by atoms with Crippen LogP contribution in [0.4, 0.5) is 0 Å². The zero-order valence-electron chi connectivity index (χ0n) is 12.0. The van der Waals surface area contributed by atoms with E-state index in [1.54, 1.807) is 0 Å². The number of morpholine rings is 1. The molecule has 1 aromatic rings. The van der Waals surface area contributed by atoms with E-state index < -0.39 is 0 Å². The van der Waals surface area contributed by atoms with E-state index in [0.29, 0.717) is 19.4 Å². The van der Waals surface area contributed by atoms with E-state index in [-0.39, 0.29) is 12.1 Å². The van der Waals surface area contributed by atoms with Crippen molar-refractivity contribution < 1.29 is 14.2 Å². The number of hydrogen-bond acceptors (Lipinski definition) is 5. The SMILES string of the molecule is CC1CN(C(CN)c2ccc3c(c2)OCO3)C(C)CO1. The summed E-state index contributed by atoms with van der Waals surface area (Å²) in [4.78, 5) is 2.42. The first-order valence-electron chi connectivity index (χ1n) is 7.16. The molecular formula is C15H22N2O3. The Morgan fingerprint density at radius 1 is 1.30 bits per heavy atom. The lowest BCUT2D eigenvalue weighted by atomic mass is 10.0. The van der Waals surface area contributed by atoms with Crippen molar-refractivity contribution in [1.82, 2.24) is 4.90 Å². The summed E-state index contributed by atoms with van der Waals surface area (Å²) in [5, 5.41) is 0. The third-order valence-corrected chi connectivity index (χ3v) is 4.06. The summed E-state index contributed by atoms with van der Waals surface area (Å²) < 4.78 is 16.5. The second-order valence-electron chi connectivity index (χ2n) is 5.55. The van der Waals surface area contributed by atoms with Gasteiger partial charge in [0.15, 0.2) is 11.5 Å². The van der Waals surface area contributed by atoms with Crippen LogP contribution in [0.2, 0.25) is 0 Å². The molecule has 0 radical (unpaired) electrons. The summed E-state index contributed by atoms with van der Waals surface area (Å²) in [6.45, 7) is 6.82. The van der Waals surface area contributed by atoms with Gasteiger partial charge in [-0.1, -0.05) is 6.07 Å². The zero-order chi connectivity index (χ0) is 14.1. The van der Waals surface area contributed by atoms with Crippen molar-refractivity contribution in [2.45, 2.75) is 32.0 Å². The highest BCUT2D eigenvalue weighted by atomic mass is 16.7. The van der Waals surface area contributed by atoms with Crippen LogP contribution in [0.3, 0.4) is 0 Å². The highest BCUT2D eigenvalue weighted by Crippen LogP contribution is 2.36. The van der Waals surface area contributed by atoms with Crippen LogP contribution in [-0.2, 0) is 4.74 Å². The minimum absolute atomic E-state index is 0.186. The first-order chi connectivity index (χ1) is 9.69. The van der Waals surface area contributed by atoms with E-state index in [9.17, 15) is 0 Å². The van der Waals surface area contributed by atoms with Gasteiger partial charge in [0.25, 0.3) is 0 Å². The van der Waals surface area contributed by atoms with Gasteiger partial charge in [-0.25, -0.2) is 0 Å². The molecule has 3 unspecified atom stereocenters. The van der Waals surface area contributed by atoms with E-state index >= 15 is 0 Å². The van der Waals surface area contributed by atoms with Crippen molar-refractivity contribution in [3.63, 3.8) is 0 Å². The molecule has 2 N–H and O–H groups in total. The molecular weight excluding hydrogens is 256 g/mol. The van der Waals surface area contributed by atoms with Crippen LogP contribution >= 0.6 is 0 Å². The van der Waals surface area contributed by atoms with E-state index in [4.69, 9.17) is 19.9 Å². The monoisotopic (exact) mass is 278 g/mol. The minimum Gasteiger partial charge on any atom is -0.454 e. The van der Waals surface area contributed by atoms with Gasteiger partial charge < -0.3 is 19.9 Å². The van der Waals surface area contributed by atoms with Gasteiger partial charge in [0.1, 0.15) is 0 Å². The van der Waals surface area contributed by atoms with Crippen molar-refractivity contribution in [3.8, 4) is 11.5 Å². The predicted octanol–water partition coefficient (Wildman–Crippen LogP) is 1.52. The maximum Gasteiger partial charge on any atom is 0.231 e. The van der Waals surface area contributed by atoms with Gasteiger partial charge in [0.2, 0.25) is 6.79 Å². The number of hydrogen-bond donors (Lipinski definition) is 1. The highest BCUT2D eigenvalue weighted by molar-refractivity contribution is 5.45. The number of nitrogens with two attached hydrogens (primary N) is 1. The molecule has 0 bridgehead atoms. The molecule has 1 saturated heterocycles. The first kappa shape index (κ1) is 13.7. The molecule has 0 saturated carbocycles. The fraction of sp³-hybridized carbons (Fsp3) is 0.600. The summed E-state index contributed by atoms with van der Waals surface area (Å²) in [6, 6.07) is 6.65. The smallest absolute Gasteiger partial charge is 0.231 e. The lowest BCUT2D eigenvalue weighted by Crippen LogP contribution is -2.50. The third-order valence-electron chi connectivity index (χ3n) is 4.06. The number of benzene rings is 1. The Hall–Kier alpha value is -1.30. The summed E-state index contributed by atoms with van der Waals surface area (Å²) in [5.41, 5.74) is 7.21. The van der Waals surface area contributed by atoms with Crippen molar-refractivity contribution in [1.29, 1.82) is 0 Å². The zero-order valence-corrected chi connectivity index (χ0v) is 12.0. The van der Waals surface area contributed by atoms with E-state index in [2.05, 4.69) is 24.8 Å². The molecule has 0 spiro atoms. The molecule has 2 aliphatic heterocycles. The quantitative estimate of drug-likeness (QED) is 0.908. The molecule has 5 heteroatoms. The fourth-order valence-electron chi connectivity index (χ4n) is 2.95. The summed E-state index contributed by atoms with van der Waals surface area (Å²) in [7, 11) is 0. The van der Waals surface area contributed by atoms with Crippen LogP contribution in [0.15, 0.2) is 18.2 Å². The standard InChI is InChI=1S/C15H22N2O3/c1-10-8-18-11(2)7-17(10)13(6-16)12-3-4-14-15(5-12)20-9-19-14/h3-5,10-11,13H,6-9,16H2,1-2H3. The maximum absolute atomic E-state index is 6.03. The molecule has 1 aromatic carbocycles. The van der Waals surface area contributed by atoms with Crippen LogP contribution < -0.4 is 15.2 Å². The molecule has 5 nitrogen and oxygen atoms in total. The molecule has 0 aliphatic carbocycles. The van der Waals surface area contributed by atoms with Gasteiger partial charge >= 0.3 is 0 Å². The van der Waals surface area contributed by atoms with Crippen LogP contribution in [0.5, 0.6) is 11.5 Å². The van der Waals surface area contributed by atoms with Gasteiger partial charge in [-0.15, -0.1) is 0 Å². The number of rotatable bonds is 3. The van der Waals surface area contributed by atoms with Crippen molar-refractivity contribution in [3.05, 3.63) is 23.8 Å². The Morgan fingerprint density at radius 3 is 2.90 bits per heavy atom. The topological polar surface area (TPSA) is 57.0 Å². The van der Waals surface area contributed by atoms with Crippen molar-refractivity contribution in [2.75, 3.05) is 26.5 Å². The molecule has 0 amide bonds. The molecule has 2 aliphatic rings. The molecule has 3 atom stereocenters. The lowest BCUT2D eigenvalue weighted by Gasteiger charge is -2.41. The van der Waals surface area contributed by atoms with Crippen molar-refractivity contribution in [2.24, 2.45) is 5.73 Å². The Kier molecular flexibility index (Phi) is 3.83. The van der Waals surface area contributed by atoms with Crippen LogP contribution in [0.1, 0.15) is 25.5 Å². The van der Waals surface area contributed by atoms with Gasteiger partial charge in [0, 0.05) is 25.2 Å². The average molecular weight is 278 g/mol. The molecule has 20 heavy (non-hydrogen) atoms. The normalized spacial score (nSPS) is 27.6. The van der Waals surface area contributed by atoms with Crippen LogP contribution in [-0.4, -0.2) is 43.5 Å². The van der Waals surface area contributed by atoms with Gasteiger partial charge in [-0.05, 0) is 31.5 Å². The maximum atomic E-state index is 6.03. The Morgan fingerprint density at radius 2 is 2.10 bits per heavy atom. The van der Waals surface area contributed by atoms with Gasteiger partial charge in [0.05, 0.1) is 12.7 Å². The fourth-order valence-corrected chi connectivity index (χ4v) is 2.95. The largest absolute Gasteiger partial charge is 0.454 e. The molecule has 110 valence electrons. The minimum atomic E-state index is 0.186. The number of ether oxygens (including phenoxy) is 3. The Balaban J connectivity index is 1.85. The summed E-state index contributed by atoms with van der Waals surface area (Å²) in [6.07, 6.45) is 0.245. The molecule has 2 heterocycles. The summed E-state index contributed by atoms with van der Waals surface area (Å²) >= 11 is 0. The predicted molar refractivity (Wildman–Crippen MR) is 75.9 cm³/mol. The third kappa shape index (κ3) is 2.49. The van der Waals surface area contributed by atoms with Gasteiger partial charge in [-0.2, -0.15) is 0 Å². The van der Waals surface area contributed by atoms with E-state index in [1.807, 2.05) is 12.1 Å². The van der Waals surface area contributed by atoms with Crippen LogP contribution in [0, 0.1) is 0 Å². The summed E-state index contributed by atoms with van der Waals surface area (Å²) in [5.74, 6) is 1.63. The highest BCUT2D eigenvalue weighted by Gasteiger charge is 2.30. The van der Waals surface area contributed by atoms with Gasteiger partial charge in [-0.3, -0.25) is 4.90 Å². The van der Waals surface area contributed by atoms with Crippen molar-refractivity contribution >= 4 is 0 Å². The van der Waals surface area contributed by atoms with Crippen LogP contribution in [0.25, 0.3) is 0 Å². The lowest BCUT2D eigenvalue weighted by molar-refractivity contribution is -0.0654. The molecule has 1 fully saturated rings.